The second-order valence-corrected chi connectivity index (χ2v) is 7.00. The third-order valence-corrected chi connectivity index (χ3v) is 4.20. The van der Waals surface area contributed by atoms with Gasteiger partial charge < -0.3 is 20.7 Å². The molecule has 0 aliphatic carbocycles. The van der Waals surface area contributed by atoms with Crippen LogP contribution in [0.3, 0.4) is 0 Å². The van der Waals surface area contributed by atoms with E-state index in [1.165, 1.54) is 0 Å². The maximum absolute atomic E-state index is 12.3. The van der Waals surface area contributed by atoms with E-state index < -0.39 is 0 Å². The Hall–Kier alpha value is -3.02. The van der Waals surface area contributed by atoms with E-state index in [0.717, 1.165) is 22.4 Å². The van der Waals surface area contributed by atoms with E-state index >= 15 is 0 Å². The summed E-state index contributed by atoms with van der Waals surface area (Å²) in [5.41, 5.74) is 3.75. The molecule has 0 heterocycles. The van der Waals surface area contributed by atoms with Crippen molar-refractivity contribution < 1.29 is 14.3 Å². The summed E-state index contributed by atoms with van der Waals surface area (Å²) < 4.78 is 5.37. The molecule has 3 amide bonds. The van der Waals surface area contributed by atoms with Gasteiger partial charge in [0.2, 0.25) is 0 Å². The van der Waals surface area contributed by atoms with Gasteiger partial charge in [0.15, 0.2) is 0 Å². The van der Waals surface area contributed by atoms with Crippen LogP contribution < -0.4 is 20.7 Å². The molecule has 3 N–H and O–H groups in total. The molecule has 0 unspecified atom stereocenters. The maximum Gasteiger partial charge on any atom is 0.315 e. The lowest BCUT2D eigenvalue weighted by atomic mass is 10.1. The van der Waals surface area contributed by atoms with Crippen molar-refractivity contribution in [3.05, 3.63) is 64.7 Å². The largest absolute Gasteiger partial charge is 0.496 e. The van der Waals surface area contributed by atoms with Crippen molar-refractivity contribution in [3.63, 3.8) is 0 Å². The summed E-state index contributed by atoms with van der Waals surface area (Å²) in [7, 11) is 1.65. The van der Waals surface area contributed by atoms with Gasteiger partial charge in [-0.2, -0.15) is 0 Å². The van der Waals surface area contributed by atoms with Crippen LogP contribution in [0.2, 0.25) is 0 Å². The number of amides is 3. The second-order valence-electron chi connectivity index (χ2n) is 7.00. The van der Waals surface area contributed by atoms with Crippen molar-refractivity contribution in [1.29, 1.82) is 0 Å². The molecule has 0 bridgehead atoms. The van der Waals surface area contributed by atoms with Gasteiger partial charge in [0.1, 0.15) is 5.75 Å². The molecule has 0 atom stereocenters. The van der Waals surface area contributed by atoms with E-state index in [9.17, 15) is 9.59 Å². The van der Waals surface area contributed by atoms with Gasteiger partial charge in [0.05, 0.1) is 7.11 Å². The quantitative estimate of drug-likeness (QED) is 0.655. The summed E-state index contributed by atoms with van der Waals surface area (Å²) in [5.74, 6) is 0.710. The third kappa shape index (κ3) is 6.61. The third-order valence-electron chi connectivity index (χ3n) is 4.20. The van der Waals surface area contributed by atoms with Crippen molar-refractivity contribution >= 4 is 11.9 Å². The average molecular weight is 383 g/mol. The molecule has 0 spiro atoms. The number of hydrogen-bond donors (Lipinski definition) is 3. The molecule has 0 aliphatic heterocycles. The average Bonchev–Trinajstić information content (AvgIpc) is 2.66. The predicted molar refractivity (Wildman–Crippen MR) is 111 cm³/mol. The second kappa shape index (κ2) is 10.3. The Morgan fingerprint density at radius 1 is 1.04 bits per heavy atom. The number of ether oxygens (including phenoxy) is 1. The Bertz CT molecular complexity index is 801. The molecule has 0 fully saturated rings. The number of nitrogens with one attached hydrogen (secondary N) is 3. The van der Waals surface area contributed by atoms with Gasteiger partial charge in [0, 0.05) is 24.7 Å². The van der Waals surface area contributed by atoms with Crippen LogP contribution in [0.5, 0.6) is 5.75 Å². The molecule has 28 heavy (non-hydrogen) atoms. The van der Waals surface area contributed by atoms with Crippen LogP contribution in [0.1, 0.15) is 40.9 Å². The maximum atomic E-state index is 12.3. The molecule has 150 valence electrons. The summed E-state index contributed by atoms with van der Waals surface area (Å²) >= 11 is 0. The van der Waals surface area contributed by atoms with Gasteiger partial charge in [-0.1, -0.05) is 29.8 Å². The first-order valence-electron chi connectivity index (χ1n) is 9.44. The monoisotopic (exact) mass is 383 g/mol. The zero-order chi connectivity index (χ0) is 20.5. The highest BCUT2D eigenvalue weighted by molar-refractivity contribution is 5.94. The summed E-state index contributed by atoms with van der Waals surface area (Å²) in [6.45, 7) is 6.78. The zero-order valence-electron chi connectivity index (χ0n) is 17.0. The Kier molecular flexibility index (Phi) is 7.87. The first-order valence-corrected chi connectivity index (χ1v) is 9.44. The molecule has 6 nitrogen and oxygen atoms in total. The minimum absolute atomic E-state index is 0.0887. The molecular formula is C22H29N3O3. The number of hydrogen-bond acceptors (Lipinski definition) is 3. The van der Waals surface area contributed by atoms with E-state index in [1.54, 1.807) is 19.2 Å². The molecule has 0 saturated heterocycles. The molecule has 0 aromatic heterocycles. The fourth-order valence-electron chi connectivity index (χ4n) is 2.79. The molecule has 0 saturated carbocycles. The first kappa shape index (κ1) is 21.3. The minimum Gasteiger partial charge on any atom is -0.496 e. The summed E-state index contributed by atoms with van der Waals surface area (Å²) in [4.78, 5) is 23.9. The molecule has 6 heteroatoms. The molecule has 2 rings (SSSR count). The number of aryl methyl sites for hydroxylation is 1. The Labute approximate surface area is 166 Å². The molecule has 0 aliphatic rings. The standard InChI is InChI=1S/C22H29N3O3/c1-15(2)25-22(27)24-14-17-6-8-18(9-7-17)21(26)23-12-11-19-13-16(3)5-10-20(19)28-4/h5-10,13,15H,11-12,14H2,1-4H3,(H,23,26)(H2,24,25,27). The van der Waals surface area contributed by atoms with Crippen LogP contribution in [0, 0.1) is 6.92 Å². The van der Waals surface area contributed by atoms with Crippen molar-refractivity contribution in [2.75, 3.05) is 13.7 Å². The van der Waals surface area contributed by atoms with E-state index in [-0.39, 0.29) is 18.0 Å². The number of rotatable bonds is 8. The van der Waals surface area contributed by atoms with Crippen LogP contribution in [-0.2, 0) is 13.0 Å². The van der Waals surface area contributed by atoms with Crippen LogP contribution in [0.4, 0.5) is 4.79 Å². The number of methoxy groups -OCH3 is 1. The van der Waals surface area contributed by atoms with Gasteiger partial charge in [-0.3, -0.25) is 4.79 Å². The lowest BCUT2D eigenvalue weighted by molar-refractivity contribution is 0.0954. The van der Waals surface area contributed by atoms with Crippen molar-refractivity contribution in [3.8, 4) is 5.75 Å². The lowest BCUT2D eigenvalue weighted by Crippen LogP contribution is -2.39. The van der Waals surface area contributed by atoms with Crippen molar-refractivity contribution in [2.24, 2.45) is 0 Å². The topological polar surface area (TPSA) is 79.5 Å². The highest BCUT2D eigenvalue weighted by Gasteiger charge is 2.08. The Morgan fingerprint density at radius 3 is 2.39 bits per heavy atom. The first-order chi connectivity index (χ1) is 13.4. The summed E-state index contributed by atoms with van der Waals surface area (Å²) in [6, 6.07) is 13.1. The lowest BCUT2D eigenvalue weighted by Gasteiger charge is -2.11. The number of benzene rings is 2. The van der Waals surface area contributed by atoms with E-state index in [2.05, 4.69) is 22.0 Å². The van der Waals surface area contributed by atoms with Crippen LogP contribution >= 0.6 is 0 Å². The zero-order valence-corrected chi connectivity index (χ0v) is 17.0. The normalized spacial score (nSPS) is 10.5. The number of urea groups is 1. The van der Waals surface area contributed by atoms with Crippen LogP contribution in [0.15, 0.2) is 42.5 Å². The van der Waals surface area contributed by atoms with Crippen molar-refractivity contribution in [1.82, 2.24) is 16.0 Å². The highest BCUT2D eigenvalue weighted by Crippen LogP contribution is 2.19. The molecule has 2 aromatic rings. The van der Waals surface area contributed by atoms with Crippen LogP contribution in [0.25, 0.3) is 0 Å². The predicted octanol–water partition coefficient (Wildman–Crippen LogP) is 3.18. The van der Waals surface area contributed by atoms with E-state index in [0.29, 0.717) is 25.1 Å². The summed E-state index contributed by atoms with van der Waals surface area (Å²) in [6.07, 6.45) is 0.698. The smallest absolute Gasteiger partial charge is 0.315 e. The van der Waals surface area contributed by atoms with Gasteiger partial charge in [0.25, 0.3) is 5.91 Å². The fourth-order valence-corrected chi connectivity index (χ4v) is 2.79. The van der Waals surface area contributed by atoms with E-state index in [1.807, 2.05) is 45.0 Å². The van der Waals surface area contributed by atoms with Gasteiger partial charge in [-0.15, -0.1) is 0 Å². The van der Waals surface area contributed by atoms with E-state index in [4.69, 9.17) is 4.74 Å². The summed E-state index contributed by atoms with van der Waals surface area (Å²) in [5, 5.41) is 8.49. The SMILES string of the molecule is COc1ccc(C)cc1CCNC(=O)c1ccc(CNC(=O)NC(C)C)cc1. The van der Waals surface area contributed by atoms with Gasteiger partial charge in [-0.25, -0.2) is 4.79 Å². The Morgan fingerprint density at radius 2 is 1.75 bits per heavy atom. The van der Waals surface area contributed by atoms with Crippen molar-refractivity contribution in [2.45, 2.75) is 39.8 Å². The number of carbonyl (C=O) groups is 2. The molecule has 2 aromatic carbocycles. The van der Waals surface area contributed by atoms with Crippen LogP contribution in [-0.4, -0.2) is 31.6 Å². The van der Waals surface area contributed by atoms with Gasteiger partial charge >= 0.3 is 6.03 Å². The minimum atomic E-state index is -0.205. The van der Waals surface area contributed by atoms with Gasteiger partial charge in [-0.05, 0) is 56.5 Å². The molecular weight excluding hydrogens is 354 g/mol. The Balaban J connectivity index is 1.83. The number of carbonyl (C=O) groups excluding carboxylic acids is 2. The highest BCUT2D eigenvalue weighted by atomic mass is 16.5. The fraction of sp³-hybridized carbons (Fsp3) is 0.364. The molecule has 0 radical (unpaired) electrons.